The zero-order valence-electron chi connectivity index (χ0n) is 27.6. The highest BCUT2D eigenvalue weighted by molar-refractivity contribution is 5.97. The molecule has 2 aliphatic carbocycles. The van der Waals surface area contributed by atoms with Crippen LogP contribution in [0.4, 0.5) is 27.8 Å². The Morgan fingerprint density at radius 1 is 1.04 bits per heavy atom. The van der Waals surface area contributed by atoms with E-state index in [9.17, 15) is 9.59 Å². The van der Waals surface area contributed by atoms with Gasteiger partial charge in [0.15, 0.2) is 0 Å². The molecule has 7 rings (SSSR count). The summed E-state index contributed by atoms with van der Waals surface area (Å²) in [5.41, 5.74) is 8.21. The second-order valence-electron chi connectivity index (χ2n) is 13.0. The van der Waals surface area contributed by atoms with Crippen molar-refractivity contribution >= 4 is 40.1 Å². The number of hydrogen-bond donors (Lipinski definition) is 2. The predicted molar refractivity (Wildman–Crippen MR) is 180 cm³/mol. The first-order chi connectivity index (χ1) is 21.6. The summed E-state index contributed by atoms with van der Waals surface area (Å²) in [6.07, 6.45) is 7.66. The van der Waals surface area contributed by atoms with Crippen molar-refractivity contribution in [3.8, 4) is 0 Å². The van der Waals surface area contributed by atoms with E-state index in [-0.39, 0.29) is 17.7 Å². The lowest BCUT2D eigenvalue weighted by atomic mass is 10.1. The molecule has 0 unspecified atom stereocenters. The molecule has 1 aromatic carbocycles. The van der Waals surface area contributed by atoms with E-state index in [1.54, 1.807) is 11.1 Å². The van der Waals surface area contributed by atoms with E-state index in [4.69, 9.17) is 20.2 Å². The second-order valence-corrected chi connectivity index (χ2v) is 13.0. The number of nitrogens with two attached hydrogens (primary N) is 1. The summed E-state index contributed by atoms with van der Waals surface area (Å²) in [5.74, 6) is 0.560. The van der Waals surface area contributed by atoms with Crippen molar-refractivity contribution in [1.82, 2.24) is 14.5 Å². The normalized spacial score (nSPS) is 18.3. The minimum Gasteiger partial charge on any atom is -0.443 e. The maximum atomic E-state index is 14.3. The fraction of sp³-hybridized carbons (Fsp3) is 0.588. The van der Waals surface area contributed by atoms with Crippen LogP contribution >= 0.6 is 0 Å². The number of hydrogen-bond acceptors (Lipinski definition) is 9. The van der Waals surface area contributed by atoms with E-state index in [0.717, 1.165) is 48.0 Å². The molecule has 11 heteroatoms. The standard InChI is InChI=1S/C29H36N6O4.C3H7N.C2H6/c1-18-6-5-7-22-24(18)34(28(37)39-29(2,3)4)13-12-33(22)23-16-19-17-30-27(31-20-8-9-20)32-25(19)35(26(23)36)21-10-14-38-15-11-21;4-3-1-2-3;1-2/h5-7,16-17,20-21H,8-15H2,1-4H3,(H,30,31,32);3H,1-2,4H2;1-2H3. The number of nitrogens with zero attached hydrogens (tertiary/aromatic N) is 5. The number of benzene rings is 1. The molecule has 2 aliphatic heterocycles. The third-order valence-electron chi connectivity index (χ3n) is 8.07. The number of ether oxygens (including phenoxy) is 2. The first-order valence-corrected chi connectivity index (χ1v) is 16.5. The van der Waals surface area contributed by atoms with Gasteiger partial charge < -0.3 is 25.4 Å². The molecule has 4 heterocycles. The molecule has 0 bridgehead atoms. The van der Waals surface area contributed by atoms with Gasteiger partial charge in [0.25, 0.3) is 5.56 Å². The number of nitrogens with one attached hydrogen (secondary N) is 1. The molecule has 11 nitrogen and oxygen atoms in total. The molecule has 3 fully saturated rings. The molecule has 0 radical (unpaired) electrons. The average molecular weight is 620 g/mol. The van der Waals surface area contributed by atoms with E-state index in [2.05, 4.69) is 10.3 Å². The number of aryl methyl sites for hydroxylation is 1. The van der Waals surface area contributed by atoms with E-state index in [1.807, 2.05) is 75.3 Å². The molecular formula is C34H49N7O4. The van der Waals surface area contributed by atoms with Crippen molar-refractivity contribution in [3.05, 3.63) is 46.4 Å². The van der Waals surface area contributed by atoms with Gasteiger partial charge >= 0.3 is 6.09 Å². The van der Waals surface area contributed by atoms with Gasteiger partial charge in [-0.1, -0.05) is 26.0 Å². The number of amides is 1. The smallest absolute Gasteiger partial charge is 0.414 e. The van der Waals surface area contributed by atoms with Gasteiger partial charge in [-0.25, -0.2) is 9.78 Å². The molecule has 0 spiro atoms. The molecule has 3 N–H and O–H groups in total. The largest absolute Gasteiger partial charge is 0.443 e. The predicted octanol–water partition coefficient (Wildman–Crippen LogP) is 6.05. The SMILES string of the molecule is CC.Cc1cccc2c1N(C(=O)OC(C)(C)C)CCN2c1cc2cnc(NC3CC3)nc2n(C2CCOCC2)c1=O.NC1CC1. The van der Waals surface area contributed by atoms with Crippen LogP contribution in [0.2, 0.25) is 0 Å². The van der Waals surface area contributed by atoms with E-state index >= 15 is 0 Å². The van der Waals surface area contributed by atoms with Gasteiger partial charge in [0, 0.05) is 56.0 Å². The maximum Gasteiger partial charge on any atom is 0.414 e. The minimum atomic E-state index is -0.611. The Hall–Kier alpha value is -3.70. The second kappa shape index (κ2) is 13.7. The van der Waals surface area contributed by atoms with Crippen molar-refractivity contribution in [2.24, 2.45) is 5.73 Å². The van der Waals surface area contributed by atoms with Crippen LogP contribution in [0, 0.1) is 6.92 Å². The quantitative estimate of drug-likeness (QED) is 0.359. The maximum absolute atomic E-state index is 14.3. The van der Waals surface area contributed by atoms with Gasteiger partial charge in [-0.2, -0.15) is 4.98 Å². The number of rotatable bonds is 4. The summed E-state index contributed by atoms with van der Waals surface area (Å²) < 4.78 is 13.2. The average Bonchev–Trinajstić information content (AvgIpc) is 3.97. The van der Waals surface area contributed by atoms with Crippen LogP contribution in [0.3, 0.4) is 0 Å². The van der Waals surface area contributed by atoms with Crippen molar-refractivity contribution in [2.75, 3.05) is 41.4 Å². The summed E-state index contributed by atoms with van der Waals surface area (Å²) in [6.45, 7) is 13.6. The van der Waals surface area contributed by atoms with Gasteiger partial charge in [-0.05, 0) is 83.9 Å². The van der Waals surface area contributed by atoms with Gasteiger partial charge in [0.2, 0.25) is 5.95 Å². The highest BCUT2D eigenvalue weighted by Crippen LogP contribution is 2.40. The summed E-state index contributed by atoms with van der Waals surface area (Å²) in [5, 5.41) is 4.17. The molecule has 1 amide bonds. The lowest BCUT2D eigenvalue weighted by Crippen LogP contribution is -2.46. The van der Waals surface area contributed by atoms with Crippen molar-refractivity contribution in [2.45, 2.75) is 104 Å². The Balaban J connectivity index is 0.000000609. The summed E-state index contributed by atoms with van der Waals surface area (Å²) in [7, 11) is 0. The Morgan fingerprint density at radius 2 is 1.73 bits per heavy atom. The lowest BCUT2D eigenvalue weighted by Gasteiger charge is -2.39. The van der Waals surface area contributed by atoms with Gasteiger partial charge in [0.05, 0.1) is 11.4 Å². The molecule has 2 saturated carbocycles. The third kappa shape index (κ3) is 7.76. The van der Waals surface area contributed by atoms with Crippen LogP contribution in [-0.2, 0) is 9.47 Å². The Morgan fingerprint density at radius 3 is 2.36 bits per heavy atom. The van der Waals surface area contributed by atoms with Gasteiger partial charge in [0.1, 0.15) is 16.9 Å². The summed E-state index contributed by atoms with van der Waals surface area (Å²) in [6, 6.07) is 8.76. The van der Waals surface area contributed by atoms with Crippen LogP contribution in [0.1, 0.15) is 84.7 Å². The lowest BCUT2D eigenvalue weighted by molar-refractivity contribution is 0.0580. The Labute approximate surface area is 266 Å². The van der Waals surface area contributed by atoms with Crippen molar-refractivity contribution in [3.63, 3.8) is 0 Å². The molecular weight excluding hydrogens is 570 g/mol. The molecule has 4 aliphatic rings. The number of carbonyl (C=O) groups excluding carboxylic acids is 1. The monoisotopic (exact) mass is 619 g/mol. The zero-order valence-corrected chi connectivity index (χ0v) is 27.6. The number of anilines is 4. The fourth-order valence-corrected chi connectivity index (χ4v) is 5.55. The van der Waals surface area contributed by atoms with Crippen LogP contribution in [-0.4, -0.2) is 64.6 Å². The van der Waals surface area contributed by atoms with Gasteiger partial charge in [-0.15, -0.1) is 0 Å². The van der Waals surface area contributed by atoms with E-state index in [0.29, 0.717) is 55.7 Å². The zero-order chi connectivity index (χ0) is 32.3. The van der Waals surface area contributed by atoms with Crippen LogP contribution in [0.15, 0.2) is 35.3 Å². The van der Waals surface area contributed by atoms with Crippen LogP contribution < -0.4 is 26.4 Å². The first-order valence-electron chi connectivity index (χ1n) is 16.5. The Kier molecular flexibility index (Phi) is 9.98. The van der Waals surface area contributed by atoms with Gasteiger partial charge in [-0.3, -0.25) is 14.3 Å². The highest BCUT2D eigenvalue weighted by atomic mass is 16.6. The number of aromatic nitrogens is 3. The molecule has 0 atom stereocenters. The fourth-order valence-electron chi connectivity index (χ4n) is 5.55. The first kappa shape index (κ1) is 32.7. The minimum absolute atomic E-state index is 0.0163. The Bertz CT molecular complexity index is 1550. The molecule has 3 aromatic rings. The number of para-hydroxylation sites is 1. The van der Waals surface area contributed by atoms with E-state index < -0.39 is 5.60 Å². The molecule has 45 heavy (non-hydrogen) atoms. The molecule has 244 valence electrons. The summed E-state index contributed by atoms with van der Waals surface area (Å²) >= 11 is 0. The molecule has 1 saturated heterocycles. The number of fused-ring (bicyclic) bond motifs is 2. The van der Waals surface area contributed by atoms with Crippen LogP contribution in [0.25, 0.3) is 11.0 Å². The summed E-state index contributed by atoms with van der Waals surface area (Å²) in [4.78, 5) is 40.6. The van der Waals surface area contributed by atoms with Crippen molar-refractivity contribution < 1.29 is 14.3 Å². The number of pyridine rings is 1. The number of carbonyl (C=O) groups is 1. The van der Waals surface area contributed by atoms with Crippen LogP contribution in [0.5, 0.6) is 0 Å². The molecule has 2 aromatic heterocycles. The highest BCUT2D eigenvalue weighted by Gasteiger charge is 2.34. The van der Waals surface area contributed by atoms with E-state index in [1.165, 1.54) is 12.8 Å². The third-order valence-corrected chi connectivity index (χ3v) is 8.07. The van der Waals surface area contributed by atoms with Crippen molar-refractivity contribution in [1.29, 1.82) is 0 Å². The topological polar surface area (TPSA) is 128 Å².